The number of nitriles is 1. The van der Waals surface area contributed by atoms with E-state index in [1.807, 2.05) is 26.0 Å². The van der Waals surface area contributed by atoms with Crippen LogP contribution in [0.3, 0.4) is 0 Å². The highest BCUT2D eigenvalue weighted by Crippen LogP contribution is 2.19. The first-order valence-electron chi connectivity index (χ1n) is 8.49. The Labute approximate surface area is 140 Å². The van der Waals surface area contributed by atoms with Crippen LogP contribution in [-0.2, 0) is 4.79 Å². The minimum absolute atomic E-state index is 0.0724. The summed E-state index contributed by atoms with van der Waals surface area (Å²) in [5.74, 6) is 0.0724. The number of rotatable bonds is 9. The van der Waals surface area contributed by atoms with Gasteiger partial charge in [-0.3, -0.25) is 9.69 Å². The topological polar surface area (TPSA) is 47.3 Å². The summed E-state index contributed by atoms with van der Waals surface area (Å²) in [6.07, 6.45) is 2.57. The second kappa shape index (κ2) is 10.0. The first-order valence-corrected chi connectivity index (χ1v) is 8.49. The van der Waals surface area contributed by atoms with Gasteiger partial charge < -0.3 is 4.90 Å². The Balaban J connectivity index is 2.91. The van der Waals surface area contributed by atoms with E-state index >= 15 is 0 Å². The summed E-state index contributed by atoms with van der Waals surface area (Å²) < 4.78 is 0. The van der Waals surface area contributed by atoms with Crippen molar-refractivity contribution in [1.29, 1.82) is 5.26 Å². The number of hydrogen-bond donors (Lipinski definition) is 0. The maximum atomic E-state index is 12.8. The lowest BCUT2D eigenvalue weighted by molar-refractivity contribution is -0.119. The molecule has 0 aliphatic carbocycles. The monoisotopic (exact) mass is 315 g/mol. The number of unbranched alkanes of at least 4 members (excludes halogenated alkanes) is 1. The van der Waals surface area contributed by atoms with Crippen molar-refractivity contribution in [3.8, 4) is 6.07 Å². The number of carbonyl (C=O) groups excluding carboxylic acids is 1. The van der Waals surface area contributed by atoms with Crippen LogP contribution < -0.4 is 4.90 Å². The van der Waals surface area contributed by atoms with Gasteiger partial charge in [-0.2, -0.15) is 5.26 Å². The Hall–Kier alpha value is -1.86. The summed E-state index contributed by atoms with van der Waals surface area (Å²) in [5.41, 5.74) is 3.16. The molecule has 0 N–H and O–H groups in total. The molecule has 0 saturated heterocycles. The van der Waals surface area contributed by atoms with Crippen LogP contribution in [-0.4, -0.2) is 37.0 Å². The standard InChI is InChI=1S/C19H29N3O/c1-5-7-10-21(6-2)15-19(23)22(11-8-9-20)18-13-16(3)12-17(4)14-18/h12-14H,5-8,10-11,15H2,1-4H3. The summed E-state index contributed by atoms with van der Waals surface area (Å²) in [4.78, 5) is 16.7. The fourth-order valence-corrected chi connectivity index (χ4v) is 2.67. The Morgan fingerprint density at radius 1 is 1.13 bits per heavy atom. The largest absolute Gasteiger partial charge is 0.310 e. The van der Waals surface area contributed by atoms with Crippen LogP contribution in [0.25, 0.3) is 0 Å². The minimum atomic E-state index is 0.0724. The average Bonchev–Trinajstić information content (AvgIpc) is 2.50. The van der Waals surface area contributed by atoms with Gasteiger partial charge in [-0.1, -0.05) is 26.3 Å². The predicted molar refractivity (Wildman–Crippen MR) is 95.5 cm³/mol. The third-order valence-electron chi connectivity index (χ3n) is 3.90. The predicted octanol–water partition coefficient (Wildman–Crippen LogP) is 3.67. The molecule has 4 heteroatoms. The van der Waals surface area contributed by atoms with Crippen molar-refractivity contribution < 1.29 is 4.79 Å². The van der Waals surface area contributed by atoms with Crippen molar-refractivity contribution in [1.82, 2.24) is 4.90 Å². The number of aryl methyl sites for hydroxylation is 2. The van der Waals surface area contributed by atoms with Gasteiger partial charge in [-0.05, 0) is 56.6 Å². The van der Waals surface area contributed by atoms with Gasteiger partial charge in [0.05, 0.1) is 19.0 Å². The van der Waals surface area contributed by atoms with E-state index in [2.05, 4.69) is 30.9 Å². The van der Waals surface area contributed by atoms with Gasteiger partial charge in [-0.15, -0.1) is 0 Å². The highest BCUT2D eigenvalue weighted by Gasteiger charge is 2.18. The van der Waals surface area contributed by atoms with Crippen molar-refractivity contribution in [2.45, 2.75) is 47.0 Å². The first-order chi connectivity index (χ1) is 11.0. The van der Waals surface area contributed by atoms with E-state index < -0.39 is 0 Å². The van der Waals surface area contributed by atoms with Crippen LogP contribution >= 0.6 is 0 Å². The van der Waals surface area contributed by atoms with Crippen LogP contribution in [0.4, 0.5) is 5.69 Å². The molecule has 0 aliphatic rings. The highest BCUT2D eigenvalue weighted by molar-refractivity contribution is 5.95. The molecule has 0 bridgehead atoms. The van der Waals surface area contributed by atoms with Gasteiger partial charge in [0.15, 0.2) is 0 Å². The molecule has 0 atom stereocenters. The lowest BCUT2D eigenvalue weighted by Crippen LogP contribution is -2.41. The van der Waals surface area contributed by atoms with Gasteiger partial charge in [0.2, 0.25) is 5.91 Å². The SMILES string of the molecule is CCCCN(CC)CC(=O)N(CCC#N)c1cc(C)cc(C)c1. The number of likely N-dealkylation sites (N-methyl/N-ethyl adjacent to an activating group) is 1. The maximum absolute atomic E-state index is 12.8. The van der Waals surface area contributed by atoms with Crippen LogP contribution in [0.15, 0.2) is 18.2 Å². The summed E-state index contributed by atoms with van der Waals surface area (Å²) >= 11 is 0. The smallest absolute Gasteiger partial charge is 0.241 e. The quantitative estimate of drug-likeness (QED) is 0.698. The maximum Gasteiger partial charge on any atom is 0.241 e. The molecule has 1 aromatic carbocycles. The minimum Gasteiger partial charge on any atom is -0.310 e. The molecule has 4 nitrogen and oxygen atoms in total. The van der Waals surface area contributed by atoms with E-state index in [1.165, 1.54) is 0 Å². The molecule has 0 unspecified atom stereocenters. The molecular weight excluding hydrogens is 286 g/mol. The summed E-state index contributed by atoms with van der Waals surface area (Å²) in [7, 11) is 0. The first kappa shape index (κ1) is 19.2. The molecular formula is C19H29N3O. The summed E-state index contributed by atoms with van der Waals surface area (Å²) in [5, 5.41) is 8.90. The Morgan fingerprint density at radius 2 is 1.78 bits per heavy atom. The average molecular weight is 315 g/mol. The Morgan fingerprint density at radius 3 is 2.30 bits per heavy atom. The molecule has 23 heavy (non-hydrogen) atoms. The normalized spacial score (nSPS) is 10.6. The van der Waals surface area contributed by atoms with Crippen molar-refractivity contribution in [3.63, 3.8) is 0 Å². The highest BCUT2D eigenvalue weighted by atomic mass is 16.2. The summed E-state index contributed by atoms with van der Waals surface area (Å²) in [6, 6.07) is 8.28. The second-order valence-electron chi connectivity index (χ2n) is 6.02. The van der Waals surface area contributed by atoms with Gasteiger partial charge in [-0.25, -0.2) is 0 Å². The zero-order valence-corrected chi connectivity index (χ0v) is 14.9. The van der Waals surface area contributed by atoms with Gasteiger partial charge in [0.1, 0.15) is 0 Å². The molecule has 0 aliphatic heterocycles. The Kier molecular flexibility index (Phi) is 8.36. The van der Waals surface area contributed by atoms with Crippen molar-refractivity contribution in [2.75, 3.05) is 31.1 Å². The molecule has 0 fully saturated rings. The third-order valence-corrected chi connectivity index (χ3v) is 3.90. The van der Waals surface area contributed by atoms with Gasteiger partial charge in [0.25, 0.3) is 0 Å². The molecule has 1 aromatic rings. The van der Waals surface area contributed by atoms with E-state index in [9.17, 15) is 4.79 Å². The number of nitrogens with zero attached hydrogens (tertiary/aromatic N) is 3. The van der Waals surface area contributed by atoms with Crippen LogP contribution in [0.2, 0.25) is 0 Å². The fourth-order valence-electron chi connectivity index (χ4n) is 2.67. The number of anilines is 1. The third kappa shape index (κ3) is 6.42. The fraction of sp³-hybridized carbons (Fsp3) is 0.579. The molecule has 0 aromatic heterocycles. The van der Waals surface area contributed by atoms with E-state index in [-0.39, 0.29) is 5.91 Å². The molecule has 1 amide bonds. The van der Waals surface area contributed by atoms with Crippen molar-refractivity contribution >= 4 is 11.6 Å². The van der Waals surface area contributed by atoms with Gasteiger partial charge in [0, 0.05) is 12.2 Å². The van der Waals surface area contributed by atoms with Crippen LogP contribution in [0.1, 0.15) is 44.2 Å². The number of benzene rings is 1. The molecule has 126 valence electrons. The van der Waals surface area contributed by atoms with Crippen molar-refractivity contribution in [3.05, 3.63) is 29.3 Å². The van der Waals surface area contributed by atoms with E-state index in [4.69, 9.17) is 5.26 Å². The molecule has 0 spiro atoms. The zero-order chi connectivity index (χ0) is 17.2. The zero-order valence-electron chi connectivity index (χ0n) is 14.9. The van der Waals surface area contributed by atoms with Gasteiger partial charge >= 0.3 is 0 Å². The number of hydrogen-bond acceptors (Lipinski definition) is 3. The van der Waals surface area contributed by atoms with E-state index in [1.54, 1.807) is 4.90 Å². The summed E-state index contributed by atoms with van der Waals surface area (Å²) in [6.45, 7) is 11.0. The number of carbonyl (C=O) groups is 1. The van der Waals surface area contributed by atoms with E-state index in [0.717, 1.165) is 42.7 Å². The second-order valence-corrected chi connectivity index (χ2v) is 6.02. The van der Waals surface area contributed by atoms with Crippen LogP contribution in [0.5, 0.6) is 0 Å². The lowest BCUT2D eigenvalue weighted by atomic mass is 10.1. The van der Waals surface area contributed by atoms with E-state index in [0.29, 0.717) is 19.5 Å². The lowest BCUT2D eigenvalue weighted by Gasteiger charge is -2.27. The molecule has 0 radical (unpaired) electrons. The Bertz CT molecular complexity index is 528. The molecule has 0 heterocycles. The van der Waals surface area contributed by atoms with Crippen LogP contribution in [0, 0.1) is 25.2 Å². The number of amides is 1. The van der Waals surface area contributed by atoms with Crippen molar-refractivity contribution in [2.24, 2.45) is 0 Å². The molecule has 0 saturated carbocycles. The molecule has 1 rings (SSSR count).